The van der Waals surface area contributed by atoms with Crippen molar-refractivity contribution in [1.82, 2.24) is 0 Å². The van der Waals surface area contributed by atoms with E-state index >= 15 is 0 Å². The van der Waals surface area contributed by atoms with Crippen LogP contribution >= 0.6 is 0 Å². The molecule has 2 radical (unpaired) electrons. The minimum absolute atomic E-state index is 0.409. The van der Waals surface area contributed by atoms with Crippen molar-refractivity contribution < 1.29 is 0 Å². The van der Waals surface area contributed by atoms with E-state index in [9.17, 15) is 0 Å². The fraction of sp³-hybridized carbons (Fsp3) is 0. The Morgan fingerprint density at radius 2 is 1.00 bits per heavy atom. The van der Waals surface area contributed by atoms with Crippen LogP contribution in [0.25, 0.3) is 11.1 Å². The Kier molecular flexibility index (Phi) is 4.15. The van der Waals surface area contributed by atoms with Crippen LogP contribution in [0.1, 0.15) is 11.1 Å². The standard InChI is InChI=1S/C14H10N2Se2/c15-13(17)11-7-3-1-5-9(11)10-6-2-4-8-12(10)14(16)18/h1-8,15-16H. The summed E-state index contributed by atoms with van der Waals surface area (Å²) < 4.78 is 0.819. The average Bonchev–Trinajstić information content (AvgIpc) is 2.38. The van der Waals surface area contributed by atoms with Crippen LogP contribution in [0.5, 0.6) is 0 Å². The summed E-state index contributed by atoms with van der Waals surface area (Å²) >= 11 is 5.47. The molecule has 0 bridgehead atoms. The van der Waals surface area contributed by atoms with Crippen LogP contribution in [0.4, 0.5) is 0 Å². The zero-order valence-electron chi connectivity index (χ0n) is 9.44. The molecule has 18 heavy (non-hydrogen) atoms. The van der Waals surface area contributed by atoms with E-state index in [1.807, 2.05) is 48.5 Å². The molecule has 88 valence electrons. The third kappa shape index (κ3) is 2.63. The van der Waals surface area contributed by atoms with Gasteiger partial charge < -0.3 is 0 Å². The SMILES string of the molecule is N=C([Se])c1ccccc1-c1ccccc1C(=N)[Se]. The Labute approximate surface area is 122 Å². The van der Waals surface area contributed by atoms with Gasteiger partial charge in [-0.3, -0.25) is 0 Å². The first-order valence-electron chi connectivity index (χ1n) is 5.31. The fourth-order valence-corrected chi connectivity index (χ4v) is 2.58. The molecule has 2 N–H and O–H groups in total. The van der Waals surface area contributed by atoms with Gasteiger partial charge >= 0.3 is 123 Å². The maximum absolute atomic E-state index is 7.79. The molecule has 0 unspecified atom stereocenters. The molecule has 2 rings (SSSR count). The van der Waals surface area contributed by atoms with Crippen LogP contribution in [-0.2, 0) is 0 Å². The van der Waals surface area contributed by atoms with Crippen LogP contribution in [0.15, 0.2) is 48.5 Å². The van der Waals surface area contributed by atoms with Gasteiger partial charge in [-0.15, -0.1) is 0 Å². The third-order valence-corrected chi connectivity index (χ3v) is 3.56. The number of benzene rings is 2. The van der Waals surface area contributed by atoms with Crippen LogP contribution in [0, 0.1) is 10.8 Å². The second-order valence-corrected chi connectivity index (χ2v) is 5.46. The maximum atomic E-state index is 7.79. The second-order valence-electron chi connectivity index (χ2n) is 3.75. The number of nitrogens with one attached hydrogen (secondary N) is 2. The first-order chi connectivity index (χ1) is 8.61. The van der Waals surface area contributed by atoms with Crippen LogP contribution < -0.4 is 0 Å². The molecule has 2 aromatic carbocycles. The topological polar surface area (TPSA) is 47.7 Å². The van der Waals surface area contributed by atoms with Gasteiger partial charge in [0.05, 0.1) is 0 Å². The number of hydrogen-bond donors (Lipinski definition) is 2. The van der Waals surface area contributed by atoms with Gasteiger partial charge in [0, 0.05) is 0 Å². The molecule has 0 heterocycles. The normalized spacial score (nSPS) is 10.0. The summed E-state index contributed by atoms with van der Waals surface area (Å²) in [4.78, 5) is 0. The first-order valence-corrected chi connectivity index (χ1v) is 7.03. The van der Waals surface area contributed by atoms with E-state index in [1.165, 1.54) is 0 Å². The van der Waals surface area contributed by atoms with Crippen molar-refractivity contribution >= 4 is 41.2 Å². The van der Waals surface area contributed by atoms with E-state index in [0.717, 1.165) is 22.3 Å². The minimum atomic E-state index is 0.409. The van der Waals surface area contributed by atoms with Crippen molar-refractivity contribution in [3.63, 3.8) is 0 Å². The Morgan fingerprint density at radius 3 is 1.33 bits per heavy atom. The van der Waals surface area contributed by atoms with Gasteiger partial charge in [-0.25, -0.2) is 0 Å². The van der Waals surface area contributed by atoms with Gasteiger partial charge in [-0.05, 0) is 0 Å². The van der Waals surface area contributed by atoms with Crippen molar-refractivity contribution in [2.24, 2.45) is 0 Å². The summed E-state index contributed by atoms with van der Waals surface area (Å²) in [6, 6.07) is 15.5. The van der Waals surface area contributed by atoms with E-state index in [2.05, 4.69) is 32.0 Å². The second kappa shape index (κ2) is 5.64. The molecule has 0 saturated heterocycles. The fourth-order valence-electron chi connectivity index (χ4n) is 1.83. The van der Waals surface area contributed by atoms with E-state index in [4.69, 9.17) is 10.8 Å². The van der Waals surface area contributed by atoms with Crippen LogP contribution in [0.2, 0.25) is 0 Å². The molecule has 0 saturated carbocycles. The summed E-state index contributed by atoms with van der Waals surface area (Å²) in [6.45, 7) is 0. The molecule has 0 amide bonds. The predicted octanol–water partition coefficient (Wildman–Crippen LogP) is 2.34. The number of hydrogen-bond acceptors (Lipinski definition) is 2. The molecular weight excluding hydrogens is 354 g/mol. The molecule has 0 fully saturated rings. The van der Waals surface area contributed by atoms with Crippen molar-refractivity contribution in [2.75, 3.05) is 0 Å². The van der Waals surface area contributed by atoms with Gasteiger partial charge in [0.25, 0.3) is 0 Å². The first kappa shape index (κ1) is 13.3. The van der Waals surface area contributed by atoms with E-state index < -0.39 is 0 Å². The molecule has 0 aliphatic carbocycles. The van der Waals surface area contributed by atoms with Crippen molar-refractivity contribution in [3.8, 4) is 11.1 Å². The predicted molar refractivity (Wildman–Crippen MR) is 77.0 cm³/mol. The molecule has 0 aliphatic rings. The summed E-state index contributed by atoms with van der Waals surface area (Å²) in [7, 11) is 0. The van der Waals surface area contributed by atoms with Crippen molar-refractivity contribution in [2.45, 2.75) is 0 Å². The van der Waals surface area contributed by atoms with Crippen molar-refractivity contribution in [1.29, 1.82) is 10.8 Å². The summed E-state index contributed by atoms with van der Waals surface area (Å²) in [5, 5.41) is 15.6. The van der Waals surface area contributed by atoms with Gasteiger partial charge in [0.15, 0.2) is 0 Å². The Balaban J connectivity index is 2.70. The average molecular weight is 364 g/mol. The summed E-state index contributed by atoms with van der Waals surface area (Å²) in [6.07, 6.45) is 0. The van der Waals surface area contributed by atoms with Crippen LogP contribution in [-0.4, -0.2) is 41.2 Å². The van der Waals surface area contributed by atoms with Gasteiger partial charge in [-0.1, -0.05) is 0 Å². The third-order valence-electron chi connectivity index (χ3n) is 2.63. The molecule has 0 spiro atoms. The van der Waals surface area contributed by atoms with Crippen molar-refractivity contribution in [3.05, 3.63) is 59.7 Å². The molecule has 2 nitrogen and oxygen atoms in total. The molecule has 0 aromatic heterocycles. The Hall–Kier alpha value is -1.18. The zero-order valence-corrected chi connectivity index (χ0v) is 12.9. The molecule has 0 aliphatic heterocycles. The van der Waals surface area contributed by atoms with E-state index in [0.29, 0.717) is 9.22 Å². The van der Waals surface area contributed by atoms with E-state index in [-0.39, 0.29) is 0 Å². The quantitative estimate of drug-likeness (QED) is 0.621. The number of rotatable bonds is 3. The van der Waals surface area contributed by atoms with Gasteiger partial charge in [0.2, 0.25) is 0 Å². The Morgan fingerprint density at radius 1 is 0.667 bits per heavy atom. The van der Waals surface area contributed by atoms with E-state index in [1.54, 1.807) is 0 Å². The molecular formula is C14H10N2Se2. The van der Waals surface area contributed by atoms with Gasteiger partial charge in [-0.2, -0.15) is 0 Å². The summed E-state index contributed by atoms with van der Waals surface area (Å²) in [5.74, 6) is 0. The van der Waals surface area contributed by atoms with Gasteiger partial charge in [0.1, 0.15) is 0 Å². The zero-order chi connectivity index (χ0) is 13.1. The van der Waals surface area contributed by atoms with Crippen LogP contribution in [0.3, 0.4) is 0 Å². The summed E-state index contributed by atoms with van der Waals surface area (Å²) in [5.41, 5.74) is 3.64. The Bertz CT molecular complexity index is 565. The molecule has 4 heteroatoms. The monoisotopic (exact) mass is 366 g/mol. The molecule has 2 aromatic rings. The molecule has 0 atom stereocenters.